The minimum atomic E-state index is -0.0148. The Morgan fingerprint density at radius 2 is 2.24 bits per heavy atom. The lowest BCUT2D eigenvalue weighted by atomic mass is 10.4. The predicted octanol–water partition coefficient (Wildman–Crippen LogP) is -0.102. The van der Waals surface area contributed by atoms with Crippen molar-refractivity contribution in [3.63, 3.8) is 0 Å². The van der Waals surface area contributed by atoms with Gasteiger partial charge in [0, 0.05) is 20.1 Å². The average Bonchev–Trinajstić information content (AvgIpc) is 2.36. The molecule has 0 spiro atoms. The summed E-state index contributed by atoms with van der Waals surface area (Å²) in [5.41, 5.74) is 6.17. The molecule has 0 aliphatic carbocycles. The van der Waals surface area contributed by atoms with Crippen LogP contribution in [0.25, 0.3) is 0 Å². The molecule has 1 amide bonds. The Labute approximate surface area is 101 Å². The van der Waals surface area contributed by atoms with Crippen LogP contribution in [0.15, 0.2) is 12.4 Å². The van der Waals surface area contributed by atoms with E-state index in [0.29, 0.717) is 18.9 Å². The van der Waals surface area contributed by atoms with Crippen LogP contribution in [0.2, 0.25) is 0 Å². The maximum absolute atomic E-state index is 11.5. The largest absolute Gasteiger partial charge is 0.355 e. The van der Waals surface area contributed by atoms with Gasteiger partial charge in [-0.2, -0.15) is 0 Å². The minimum absolute atomic E-state index is 0.0148. The molecule has 3 N–H and O–H groups in total. The highest BCUT2D eigenvalue weighted by Crippen LogP contribution is 2.05. The molecular weight excluding hydrogens is 218 g/mol. The second kappa shape index (κ2) is 6.80. The number of hydrogen-bond donors (Lipinski definition) is 2. The topological polar surface area (TPSA) is 84.1 Å². The van der Waals surface area contributed by atoms with Gasteiger partial charge in [-0.3, -0.25) is 9.78 Å². The van der Waals surface area contributed by atoms with Crippen molar-refractivity contribution in [2.45, 2.75) is 19.9 Å². The van der Waals surface area contributed by atoms with Crippen LogP contribution in [0.4, 0.5) is 5.82 Å². The highest BCUT2D eigenvalue weighted by Gasteiger charge is 2.08. The van der Waals surface area contributed by atoms with Gasteiger partial charge in [0.2, 0.25) is 5.91 Å². The van der Waals surface area contributed by atoms with E-state index in [9.17, 15) is 4.79 Å². The van der Waals surface area contributed by atoms with Crippen LogP contribution in [0.3, 0.4) is 0 Å². The Bertz CT molecular complexity index is 351. The fourth-order valence-electron chi connectivity index (χ4n) is 1.27. The highest BCUT2D eigenvalue weighted by atomic mass is 16.2. The smallest absolute Gasteiger partial charge is 0.239 e. The van der Waals surface area contributed by atoms with Crippen molar-refractivity contribution in [2.75, 3.05) is 25.0 Å². The van der Waals surface area contributed by atoms with Crippen molar-refractivity contribution in [1.82, 2.24) is 15.3 Å². The van der Waals surface area contributed by atoms with E-state index >= 15 is 0 Å². The van der Waals surface area contributed by atoms with E-state index < -0.39 is 0 Å². The molecular formula is C11H19N5O. The Balaban J connectivity index is 2.51. The van der Waals surface area contributed by atoms with Crippen molar-refractivity contribution in [3.8, 4) is 0 Å². The first kappa shape index (κ1) is 13.4. The Morgan fingerprint density at radius 3 is 2.76 bits per heavy atom. The van der Waals surface area contributed by atoms with E-state index in [0.717, 1.165) is 12.1 Å². The molecule has 0 unspecified atom stereocenters. The molecule has 1 rings (SSSR count). The van der Waals surface area contributed by atoms with Gasteiger partial charge in [-0.1, -0.05) is 6.92 Å². The van der Waals surface area contributed by atoms with Crippen LogP contribution in [0.1, 0.15) is 19.0 Å². The summed E-state index contributed by atoms with van der Waals surface area (Å²) in [5, 5.41) is 2.81. The summed E-state index contributed by atoms with van der Waals surface area (Å²) in [7, 11) is 1.80. The molecule has 0 saturated heterocycles. The number of aromatic nitrogens is 2. The number of carbonyl (C=O) groups excluding carboxylic acids is 1. The van der Waals surface area contributed by atoms with E-state index in [4.69, 9.17) is 5.73 Å². The van der Waals surface area contributed by atoms with E-state index in [1.54, 1.807) is 24.3 Å². The maximum atomic E-state index is 11.5. The van der Waals surface area contributed by atoms with Crippen LogP contribution < -0.4 is 16.0 Å². The molecule has 6 heteroatoms. The maximum Gasteiger partial charge on any atom is 0.239 e. The molecule has 0 aliphatic heterocycles. The van der Waals surface area contributed by atoms with E-state index in [1.165, 1.54) is 0 Å². The average molecular weight is 237 g/mol. The van der Waals surface area contributed by atoms with Gasteiger partial charge in [-0.15, -0.1) is 0 Å². The van der Waals surface area contributed by atoms with Crippen LogP contribution >= 0.6 is 0 Å². The lowest BCUT2D eigenvalue weighted by Crippen LogP contribution is -2.35. The number of likely N-dealkylation sites (N-methyl/N-ethyl adjacent to an activating group) is 1. The van der Waals surface area contributed by atoms with Crippen molar-refractivity contribution in [3.05, 3.63) is 18.1 Å². The van der Waals surface area contributed by atoms with Crippen LogP contribution in [-0.4, -0.2) is 36.0 Å². The van der Waals surface area contributed by atoms with Crippen LogP contribution in [-0.2, 0) is 11.3 Å². The number of carbonyl (C=O) groups is 1. The van der Waals surface area contributed by atoms with E-state index in [2.05, 4.69) is 15.3 Å². The number of nitrogens with zero attached hydrogens (tertiary/aromatic N) is 3. The first-order valence-corrected chi connectivity index (χ1v) is 5.66. The van der Waals surface area contributed by atoms with Gasteiger partial charge >= 0.3 is 0 Å². The molecule has 0 radical (unpaired) electrons. The molecule has 1 aromatic heterocycles. The molecule has 1 aromatic rings. The first-order chi connectivity index (χ1) is 8.17. The summed E-state index contributed by atoms with van der Waals surface area (Å²) in [6.07, 6.45) is 4.17. The molecule has 0 saturated carbocycles. The summed E-state index contributed by atoms with van der Waals surface area (Å²) in [6, 6.07) is 0. The number of nitrogens with one attached hydrogen (secondary N) is 1. The van der Waals surface area contributed by atoms with Gasteiger partial charge in [-0.25, -0.2) is 4.98 Å². The summed E-state index contributed by atoms with van der Waals surface area (Å²) >= 11 is 0. The number of rotatable bonds is 6. The van der Waals surface area contributed by atoms with Gasteiger partial charge in [0.25, 0.3) is 0 Å². The molecule has 6 nitrogen and oxygen atoms in total. The molecule has 94 valence electrons. The van der Waals surface area contributed by atoms with Gasteiger partial charge in [0.1, 0.15) is 5.82 Å². The predicted molar refractivity (Wildman–Crippen MR) is 66.5 cm³/mol. The Kier molecular flexibility index (Phi) is 5.35. The molecule has 0 aliphatic rings. The second-order valence-electron chi connectivity index (χ2n) is 3.78. The number of hydrogen-bond acceptors (Lipinski definition) is 5. The zero-order valence-corrected chi connectivity index (χ0v) is 10.3. The number of amides is 1. The van der Waals surface area contributed by atoms with Crippen molar-refractivity contribution in [2.24, 2.45) is 5.73 Å². The van der Waals surface area contributed by atoms with Crippen molar-refractivity contribution in [1.29, 1.82) is 0 Å². The molecule has 0 fully saturated rings. The monoisotopic (exact) mass is 237 g/mol. The summed E-state index contributed by atoms with van der Waals surface area (Å²) in [6.45, 7) is 3.36. The van der Waals surface area contributed by atoms with E-state index in [-0.39, 0.29) is 12.5 Å². The minimum Gasteiger partial charge on any atom is -0.355 e. The zero-order chi connectivity index (χ0) is 12.7. The van der Waals surface area contributed by atoms with Crippen molar-refractivity contribution >= 4 is 11.7 Å². The Hall–Kier alpha value is -1.69. The lowest BCUT2D eigenvalue weighted by Gasteiger charge is -2.17. The third-order valence-electron chi connectivity index (χ3n) is 2.24. The van der Waals surface area contributed by atoms with Crippen LogP contribution in [0.5, 0.6) is 0 Å². The highest BCUT2D eigenvalue weighted by molar-refractivity contribution is 5.80. The zero-order valence-electron chi connectivity index (χ0n) is 10.3. The molecule has 17 heavy (non-hydrogen) atoms. The molecule has 0 atom stereocenters. The summed E-state index contributed by atoms with van der Waals surface area (Å²) in [4.78, 5) is 21.5. The van der Waals surface area contributed by atoms with E-state index in [1.807, 2.05) is 6.92 Å². The quantitative estimate of drug-likeness (QED) is 0.721. The normalized spacial score (nSPS) is 10.1. The first-order valence-electron chi connectivity index (χ1n) is 5.66. The molecule has 0 bridgehead atoms. The standard InChI is InChI=1S/C11H19N5O/c1-3-4-13-11(17)8-16(2)10-7-14-9(5-12)6-15-10/h6-7H,3-5,8,12H2,1-2H3,(H,13,17). The summed E-state index contributed by atoms with van der Waals surface area (Å²) < 4.78 is 0. The van der Waals surface area contributed by atoms with Gasteiger partial charge in [0.05, 0.1) is 24.6 Å². The SMILES string of the molecule is CCCNC(=O)CN(C)c1cnc(CN)cn1. The van der Waals surface area contributed by atoms with Gasteiger partial charge in [-0.05, 0) is 6.42 Å². The number of nitrogens with two attached hydrogens (primary N) is 1. The molecule has 0 aromatic carbocycles. The Morgan fingerprint density at radius 1 is 1.47 bits per heavy atom. The van der Waals surface area contributed by atoms with Crippen LogP contribution in [0, 0.1) is 0 Å². The lowest BCUT2D eigenvalue weighted by molar-refractivity contribution is -0.119. The fraction of sp³-hybridized carbons (Fsp3) is 0.545. The second-order valence-corrected chi connectivity index (χ2v) is 3.78. The van der Waals surface area contributed by atoms with Crippen molar-refractivity contribution < 1.29 is 4.79 Å². The summed E-state index contributed by atoms with van der Waals surface area (Å²) in [5.74, 6) is 0.646. The third-order valence-corrected chi connectivity index (χ3v) is 2.24. The number of anilines is 1. The van der Waals surface area contributed by atoms with Gasteiger partial charge < -0.3 is 16.0 Å². The van der Waals surface area contributed by atoms with Gasteiger partial charge in [0.15, 0.2) is 0 Å². The third kappa shape index (κ3) is 4.36. The molecule has 1 heterocycles. The fourth-order valence-corrected chi connectivity index (χ4v) is 1.27.